The van der Waals surface area contributed by atoms with E-state index in [0.717, 1.165) is 6.07 Å². The smallest absolute Gasteiger partial charge is 0.270 e. The molecule has 0 bridgehead atoms. The zero-order chi connectivity index (χ0) is 21.4. The number of carbonyl (C=O) groups excluding carboxylic acids is 1. The molecule has 2 aromatic heterocycles. The molecule has 0 fully saturated rings. The van der Waals surface area contributed by atoms with Gasteiger partial charge in [0.2, 0.25) is 5.56 Å². The second-order valence-electron chi connectivity index (χ2n) is 6.58. The number of aryl methyl sites for hydroxylation is 1. The van der Waals surface area contributed by atoms with Crippen LogP contribution in [0.4, 0.5) is 14.5 Å². The Morgan fingerprint density at radius 3 is 2.70 bits per heavy atom. The maximum atomic E-state index is 14.2. The molecule has 9 heteroatoms. The molecule has 2 aromatic carbocycles. The quantitative estimate of drug-likeness (QED) is 0.477. The van der Waals surface area contributed by atoms with Crippen LogP contribution in [-0.4, -0.2) is 15.9 Å². The first-order valence-electron chi connectivity index (χ1n) is 8.82. The normalized spacial score (nSPS) is 11.1. The van der Waals surface area contributed by atoms with Gasteiger partial charge in [-0.2, -0.15) is 0 Å². The molecule has 0 aliphatic carbocycles. The van der Waals surface area contributed by atoms with Crippen LogP contribution >= 0.6 is 22.9 Å². The van der Waals surface area contributed by atoms with Crippen molar-refractivity contribution in [3.8, 4) is 0 Å². The summed E-state index contributed by atoms with van der Waals surface area (Å²) in [6, 6.07) is 9.65. The van der Waals surface area contributed by atoms with Crippen LogP contribution in [0, 0.1) is 18.6 Å². The van der Waals surface area contributed by atoms with Gasteiger partial charge >= 0.3 is 0 Å². The Bertz CT molecular complexity index is 1340. The first kappa shape index (κ1) is 20.2. The number of hydrogen-bond donors (Lipinski definition) is 1. The number of para-hydroxylation sites is 1. The van der Waals surface area contributed by atoms with Gasteiger partial charge in [0.1, 0.15) is 16.5 Å². The summed E-state index contributed by atoms with van der Waals surface area (Å²) in [6.45, 7) is 1.65. The Balaban J connectivity index is 1.87. The molecule has 0 spiro atoms. The number of thiazole rings is 1. The number of H-pyrrole nitrogens is 1. The Hall–Kier alpha value is -3.10. The first-order valence-corrected chi connectivity index (χ1v) is 10.1. The van der Waals surface area contributed by atoms with Gasteiger partial charge in [0, 0.05) is 17.1 Å². The van der Waals surface area contributed by atoms with Crippen molar-refractivity contribution in [3.05, 3.63) is 91.1 Å². The van der Waals surface area contributed by atoms with E-state index in [1.165, 1.54) is 46.6 Å². The molecule has 30 heavy (non-hydrogen) atoms. The lowest BCUT2D eigenvalue weighted by molar-refractivity contribution is 0.0988. The SMILES string of the molecule is Cc1ncsc1C(=O)N(Cc1cc(=O)[nH]c2c(F)cccc12)c1ccc(F)c(Cl)c1. The molecule has 0 saturated carbocycles. The van der Waals surface area contributed by atoms with Gasteiger partial charge in [-0.15, -0.1) is 11.3 Å². The molecule has 0 aliphatic heterocycles. The molecule has 0 unspecified atom stereocenters. The largest absolute Gasteiger partial charge is 0.319 e. The lowest BCUT2D eigenvalue weighted by atomic mass is 10.1. The van der Waals surface area contributed by atoms with E-state index in [1.807, 2.05) is 0 Å². The van der Waals surface area contributed by atoms with Gasteiger partial charge in [-0.05, 0) is 36.8 Å². The number of anilines is 1. The average molecular weight is 446 g/mol. The Morgan fingerprint density at radius 2 is 2.00 bits per heavy atom. The van der Waals surface area contributed by atoms with Gasteiger partial charge in [-0.3, -0.25) is 9.59 Å². The van der Waals surface area contributed by atoms with E-state index >= 15 is 0 Å². The standard InChI is InChI=1S/C21H14ClF2N3O2S/c1-11-20(30-10-25-11)21(29)27(13-5-6-16(23)15(22)8-13)9-12-7-18(28)26-19-14(12)3-2-4-17(19)24/h2-8,10H,9H2,1H3,(H,26,28). The summed E-state index contributed by atoms with van der Waals surface area (Å²) in [5, 5.41) is 0.315. The lowest BCUT2D eigenvalue weighted by Crippen LogP contribution is -2.31. The third kappa shape index (κ3) is 3.71. The second kappa shape index (κ2) is 7.97. The van der Waals surface area contributed by atoms with Crippen LogP contribution in [-0.2, 0) is 6.54 Å². The molecule has 1 N–H and O–H groups in total. The highest BCUT2D eigenvalue weighted by molar-refractivity contribution is 7.12. The summed E-state index contributed by atoms with van der Waals surface area (Å²) in [4.78, 5) is 33.8. The highest BCUT2D eigenvalue weighted by Crippen LogP contribution is 2.29. The summed E-state index contributed by atoms with van der Waals surface area (Å²) in [6.07, 6.45) is 0. The van der Waals surface area contributed by atoms with Crippen LogP contribution in [0.2, 0.25) is 5.02 Å². The van der Waals surface area contributed by atoms with Crippen LogP contribution in [0.15, 0.2) is 52.8 Å². The van der Waals surface area contributed by atoms with E-state index in [9.17, 15) is 18.4 Å². The van der Waals surface area contributed by atoms with Crippen molar-refractivity contribution in [2.75, 3.05) is 4.90 Å². The number of pyridine rings is 1. The number of benzene rings is 2. The molecule has 4 aromatic rings. The zero-order valence-corrected chi connectivity index (χ0v) is 17.2. The molecular formula is C21H14ClF2N3O2S. The fourth-order valence-electron chi connectivity index (χ4n) is 3.18. The maximum Gasteiger partial charge on any atom is 0.270 e. The molecule has 0 saturated heterocycles. The Morgan fingerprint density at radius 1 is 1.20 bits per heavy atom. The molecule has 152 valence electrons. The van der Waals surface area contributed by atoms with Crippen molar-refractivity contribution in [1.82, 2.24) is 9.97 Å². The minimum atomic E-state index is -0.620. The van der Waals surface area contributed by atoms with E-state index in [1.54, 1.807) is 18.5 Å². The number of rotatable bonds is 4. The first-order chi connectivity index (χ1) is 14.3. The molecule has 1 amide bonds. The molecule has 0 atom stereocenters. The summed E-state index contributed by atoms with van der Waals surface area (Å²) < 4.78 is 27.9. The monoisotopic (exact) mass is 445 g/mol. The van der Waals surface area contributed by atoms with Crippen molar-refractivity contribution in [3.63, 3.8) is 0 Å². The van der Waals surface area contributed by atoms with Gasteiger partial charge in [0.05, 0.1) is 28.3 Å². The van der Waals surface area contributed by atoms with Gasteiger partial charge < -0.3 is 9.88 Å². The minimum Gasteiger partial charge on any atom is -0.319 e. The predicted octanol–water partition coefficient (Wildman–Crippen LogP) is 5.07. The Kier molecular flexibility index (Phi) is 5.36. The number of aromatic amines is 1. The van der Waals surface area contributed by atoms with Crippen LogP contribution in [0.3, 0.4) is 0 Å². The number of carbonyl (C=O) groups is 1. The predicted molar refractivity (Wildman–Crippen MR) is 113 cm³/mol. The van der Waals surface area contributed by atoms with Crippen molar-refractivity contribution >= 4 is 45.4 Å². The summed E-state index contributed by atoms with van der Waals surface area (Å²) in [7, 11) is 0. The molecule has 4 rings (SSSR count). The highest BCUT2D eigenvalue weighted by Gasteiger charge is 2.23. The molecular weight excluding hydrogens is 432 g/mol. The van der Waals surface area contributed by atoms with E-state index in [0.29, 0.717) is 27.2 Å². The summed E-state index contributed by atoms with van der Waals surface area (Å²) in [5.74, 6) is -1.58. The third-order valence-electron chi connectivity index (χ3n) is 4.64. The van der Waals surface area contributed by atoms with E-state index in [-0.39, 0.29) is 23.0 Å². The third-order valence-corrected chi connectivity index (χ3v) is 5.85. The number of halogens is 3. The molecule has 2 heterocycles. The van der Waals surface area contributed by atoms with Crippen molar-refractivity contribution in [2.45, 2.75) is 13.5 Å². The van der Waals surface area contributed by atoms with Crippen LogP contribution in [0.1, 0.15) is 20.9 Å². The van der Waals surface area contributed by atoms with E-state index in [2.05, 4.69) is 9.97 Å². The zero-order valence-electron chi connectivity index (χ0n) is 15.6. The number of aromatic nitrogens is 2. The lowest BCUT2D eigenvalue weighted by Gasteiger charge is -2.23. The van der Waals surface area contributed by atoms with Crippen LogP contribution in [0.25, 0.3) is 10.9 Å². The van der Waals surface area contributed by atoms with E-state index < -0.39 is 17.2 Å². The highest BCUT2D eigenvalue weighted by atomic mass is 35.5. The van der Waals surface area contributed by atoms with Gasteiger partial charge in [-0.25, -0.2) is 13.8 Å². The van der Waals surface area contributed by atoms with Crippen molar-refractivity contribution in [1.29, 1.82) is 0 Å². The number of nitrogens with one attached hydrogen (secondary N) is 1. The maximum absolute atomic E-state index is 14.2. The van der Waals surface area contributed by atoms with Gasteiger partial charge in [0.15, 0.2) is 0 Å². The number of nitrogens with zero attached hydrogens (tertiary/aromatic N) is 2. The number of fused-ring (bicyclic) bond motifs is 1. The topological polar surface area (TPSA) is 66.1 Å². The number of amides is 1. The van der Waals surface area contributed by atoms with E-state index in [4.69, 9.17) is 11.6 Å². The Labute approximate surface area is 178 Å². The second-order valence-corrected chi connectivity index (χ2v) is 7.84. The number of hydrogen-bond acceptors (Lipinski definition) is 4. The van der Waals surface area contributed by atoms with Gasteiger partial charge in [0.25, 0.3) is 5.91 Å². The molecule has 0 radical (unpaired) electrons. The van der Waals surface area contributed by atoms with Crippen molar-refractivity contribution in [2.24, 2.45) is 0 Å². The fourth-order valence-corrected chi connectivity index (χ4v) is 4.10. The van der Waals surface area contributed by atoms with Crippen molar-refractivity contribution < 1.29 is 13.6 Å². The summed E-state index contributed by atoms with van der Waals surface area (Å²) >= 11 is 7.11. The molecule has 0 aliphatic rings. The van der Waals surface area contributed by atoms with Gasteiger partial charge in [-0.1, -0.05) is 23.7 Å². The van der Waals surface area contributed by atoms with Crippen LogP contribution < -0.4 is 10.5 Å². The minimum absolute atomic E-state index is 0.0536. The average Bonchev–Trinajstić information content (AvgIpc) is 3.14. The molecule has 5 nitrogen and oxygen atoms in total. The van der Waals surface area contributed by atoms with Crippen LogP contribution in [0.5, 0.6) is 0 Å². The summed E-state index contributed by atoms with van der Waals surface area (Å²) in [5.41, 5.74) is 2.43. The fraction of sp³-hybridized carbons (Fsp3) is 0.0952.